The molecule has 1 unspecified atom stereocenters. The van der Waals surface area contributed by atoms with E-state index in [-0.39, 0.29) is 6.10 Å². The zero-order chi connectivity index (χ0) is 13.3. The van der Waals surface area contributed by atoms with Gasteiger partial charge in [-0.15, -0.1) is 11.3 Å². The highest BCUT2D eigenvalue weighted by Gasteiger charge is 2.33. The van der Waals surface area contributed by atoms with Crippen LogP contribution in [0, 0.1) is 6.92 Å². The SMILES string of the molecule is COC1CCN(S(=O)(=O)c2cc(C)c(CN)s2)C1. The third kappa shape index (κ3) is 2.46. The van der Waals surface area contributed by atoms with Crippen LogP contribution in [0.4, 0.5) is 0 Å². The van der Waals surface area contributed by atoms with E-state index in [2.05, 4.69) is 0 Å². The first-order valence-corrected chi connectivity index (χ1v) is 8.07. The van der Waals surface area contributed by atoms with Crippen LogP contribution in [0.2, 0.25) is 0 Å². The van der Waals surface area contributed by atoms with Gasteiger partial charge in [-0.25, -0.2) is 8.42 Å². The normalized spacial score (nSPS) is 21.6. The maximum absolute atomic E-state index is 12.4. The fourth-order valence-corrected chi connectivity index (χ4v) is 5.16. The zero-order valence-electron chi connectivity index (χ0n) is 10.5. The molecular weight excluding hydrogens is 272 g/mol. The summed E-state index contributed by atoms with van der Waals surface area (Å²) in [6.07, 6.45) is 0.763. The maximum atomic E-state index is 12.4. The molecule has 2 heterocycles. The van der Waals surface area contributed by atoms with E-state index >= 15 is 0 Å². The number of hydrogen-bond acceptors (Lipinski definition) is 5. The van der Waals surface area contributed by atoms with Crippen molar-refractivity contribution in [1.82, 2.24) is 4.31 Å². The fraction of sp³-hybridized carbons (Fsp3) is 0.636. The minimum atomic E-state index is -3.38. The molecule has 0 aromatic carbocycles. The quantitative estimate of drug-likeness (QED) is 0.895. The lowest BCUT2D eigenvalue weighted by molar-refractivity contribution is 0.115. The molecule has 1 aromatic heterocycles. The third-order valence-corrected chi connectivity index (χ3v) is 6.79. The molecule has 0 radical (unpaired) electrons. The summed E-state index contributed by atoms with van der Waals surface area (Å²) in [6.45, 7) is 3.23. The lowest BCUT2D eigenvalue weighted by Gasteiger charge is -2.14. The molecule has 5 nitrogen and oxygen atoms in total. The van der Waals surface area contributed by atoms with Crippen LogP contribution in [0.5, 0.6) is 0 Å². The van der Waals surface area contributed by atoms with Crippen LogP contribution in [0.3, 0.4) is 0 Å². The van der Waals surface area contributed by atoms with Gasteiger partial charge in [-0.1, -0.05) is 0 Å². The van der Waals surface area contributed by atoms with Crippen molar-refractivity contribution in [1.29, 1.82) is 0 Å². The number of aryl methyl sites for hydroxylation is 1. The van der Waals surface area contributed by atoms with E-state index in [0.717, 1.165) is 16.9 Å². The Morgan fingerprint density at radius 3 is 2.83 bits per heavy atom. The number of sulfonamides is 1. The first kappa shape index (κ1) is 14.0. The topological polar surface area (TPSA) is 72.6 Å². The van der Waals surface area contributed by atoms with Gasteiger partial charge >= 0.3 is 0 Å². The molecule has 18 heavy (non-hydrogen) atoms. The van der Waals surface area contributed by atoms with Crippen LogP contribution in [-0.4, -0.2) is 39.0 Å². The van der Waals surface area contributed by atoms with Crippen LogP contribution in [-0.2, 0) is 21.3 Å². The van der Waals surface area contributed by atoms with Crippen LogP contribution < -0.4 is 5.73 Å². The summed E-state index contributed by atoms with van der Waals surface area (Å²) in [6, 6.07) is 1.71. The van der Waals surface area contributed by atoms with Gasteiger partial charge in [-0.2, -0.15) is 4.31 Å². The average Bonchev–Trinajstić information content (AvgIpc) is 2.95. The van der Waals surface area contributed by atoms with Gasteiger partial charge in [0.2, 0.25) is 0 Å². The Morgan fingerprint density at radius 2 is 2.33 bits per heavy atom. The minimum Gasteiger partial charge on any atom is -0.380 e. The number of rotatable bonds is 4. The Balaban J connectivity index is 2.25. The summed E-state index contributed by atoms with van der Waals surface area (Å²) in [4.78, 5) is 0.927. The molecule has 102 valence electrons. The van der Waals surface area contributed by atoms with Gasteiger partial charge in [0.05, 0.1) is 6.10 Å². The van der Waals surface area contributed by atoms with E-state index in [4.69, 9.17) is 10.5 Å². The number of nitrogens with zero attached hydrogens (tertiary/aromatic N) is 1. The molecule has 1 saturated heterocycles. The Bertz CT molecular complexity index is 524. The molecule has 1 aromatic rings. The lowest BCUT2D eigenvalue weighted by atomic mass is 10.3. The Morgan fingerprint density at radius 1 is 1.61 bits per heavy atom. The fourth-order valence-electron chi connectivity index (χ4n) is 2.05. The second-order valence-electron chi connectivity index (χ2n) is 4.39. The molecule has 0 aliphatic carbocycles. The Labute approximate surface area is 112 Å². The summed E-state index contributed by atoms with van der Waals surface area (Å²) in [5.41, 5.74) is 6.53. The molecule has 0 bridgehead atoms. The molecule has 1 atom stereocenters. The molecule has 0 spiro atoms. The predicted molar refractivity (Wildman–Crippen MR) is 71.1 cm³/mol. The molecule has 1 aliphatic rings. The second-order valence-corrected chi connectivity index (χ2v) is 7.69. The highest BCUT2D eigenvalue weighted by atomic mass is 32.2. The first-order chi connectivity index (χ1) is 8.48. The van der Waals surface area contributed by atoms with Crippen molar-refractivity contribution in [2.45, 2.75) is 30.2 Å². The number of thiophene rings is 1. The first-order valence-electron chi connectivity index (χ1n) is 5.81. The predicted octanol–water partition coefficient (Wildman–Crippen LogP) is 0.925. The molecule has 1 aliphatic heterocycles. The van der Waals surface area contributed by atoms with Gasteiger partial charge in [0.1, 0.15) is 4.21 Å². The van der Waals surface area contributed by atoms with E-state index in [1.807, 2.05) is 6.92 Å². The smallest absolute Gasteiger partial charge is 0.252 e. The van der Waals surface area contributed by atoms with Crippen molar-refractivity contribution in [3.05, 3.63) is 16.5 Å². The van der Waals surface area contributed by atoms with E-state index in [1.54, 1.807) is 13.2 Å². The van der Waals surface area contributed by atoms with Crippen LogP contribution in [0.1, 0.15) is 16.9 Å². The average molecular weight is 290 g/mol. The molecular formula is C11H18N2O3S2. The molecule has 0 amide bonds. The zero-order valence-corrected chi connectivity index (χ0v) is 12.2. The number of nitrogens with two attached hydrogens (primary N) is 1. The van der Waals surface area contributed by atoms with Crippen molar-refractivity contribution in [3.8, 4) is 0 Å². The molecule has 1 fully saturated rings. The second kappa shape index (κ2) is 5.26. The highest BCUT2D eigenvalue weighted by molar-refractivity contribution is 7.91. The van der Waals surface area contributed by atoms with Gasteiger partial charge in [0.25, 0.3) is 10.0 Å². The molecule has 2 N–H and O–H groups in total. The van der Waals surface area contributed by atoms with E-state index in [1.165, 1.54) is 15.6 Å². The molecule has 2 rings (SSSR count). The Kier molecular flexibility index (Phi) is 4.08. The lowest BCUT2D eigenvalue weighted by Crippen LogP contribution is -2.29. The van der Waals surface area contributed by atoms with Gasteiger partial charge < -0.3 is 10.5 Å². The van der Waals surface area contributed by atoms with Gasteiger partial charge in [0.15, 0.2) is 0 Å². The van der Waals surface area contributed by atoms with E-state index in [0.29, 0.717) is 23.8 Å². The Hall–Kier alpha value is -0.470. The summed E-state index contributed by atoms with van der Waals surface area (Å²) < 4.78 is 31.9. The van der Waals surface area contributed by atoms with Crippen molar-refractivity contribution in [2.75, 3.05) is 20.2 Å². The van der Waals surface area contributed by atoms with Crippen LogP contribution in [0.25, 0.3) is 0 Å². The van der Waals surface area contributed by atoms with Crippen molar-refractivity contribution >= 4 is 21.4 Å². The standard InChI is InChI=1S/C11H18N2O3S2/c1-8-5-11(17-10(8)6-12)18(14,15)13-4-3-9(7-13)16-2/h5,9H,3-4,6-7,12H2,1-2H3. The summed E-state index contributed by atoms with van der Waals surface area (Å²) in [5, 5.41) is 0. The number of methoxy groups -OCH3 is 1. The summed E-state index contributed by atoms with van der Waals surface area (Å²) >= 11 is 1.27. The third-order valence-electron chi connectivity index (χ3n) is 3.22. The van der Waals surface area contributed by atoms with E-state index < -0.39 is 10.0 Å². The van der Waals surface area contributed by atoms with Crippen molar-refractivity contribution < 1.29 is 13.2 Å². The van der Waals surface area contributed by atoms with E-state index in [9.17, 15) is 8.42 Å². The highest BCUT2D eigenvalue weighted by Crippen LogP contribution is 2.30. The minimum absolute atomic E-state index is 0.00909. The summed E-state index contributed by atoms with van der Waals surface area (Å²) in [5.74, 6) is 0. The number of ether oxygens (including phenoxy) is 1. The largest absolute Gasteiger partial charge is 0.380 e. The van der Waals surface area contributed by atoms with Crippen LogP contribution in [0.15, 0.2) is 10.3 Å². The maximum Gasteiger partial charge on any atom is 0.252 e. The van der Waals surface area contributed by atoms with Gasteiger partial charge in [-0.3, -0.25) is 0 Å². The van der Waals surface area contributed by atoms with Gasteiger partial charge in [0, 0.05) is 31.6 Å². The van der Waals surface area contributed by atoms with Crippen molar-refractivity contribution in [2.24, 2.45) is 5.73 Å². The number of hydrogen-bond donors (Lipinski definition) is 1. The van der Waals surface area contributed by atoms with Crippen LogP contribution >= 0.6 is 11.3 Å². The van der Waals surface area contributed by atoms with Crippen molar-refractivity contribution in [3.63, 3.8) is 0 Å². The van der Waals surface area contributed by atoms with Gasteiger partial charge in [-0.05, 0) is 25.0 Å². The molecule has 0 saturated carbocycles. The summed E-state index contributed by atoms with van der Waals surface area (Å²) in [7, 11) is -1.76. The molecule has 7 heteroatoms. The monoisotopic (exact) mass is 290 g/mol.